The Morgan fingerprint density at radius 2 is 1.68 bits per heavy atom. The first-order chi connectivity index (χ1) is 16.4. The number of aryl methyl sites for hydroxylation is 1. The summed E-state index contributed by atoms with van der Waals surface area (Å²) in [6.45, 7) is 3.84. The Morgan fingerprint density at radius 1 is 0.882 bits per heavy atom. The molecule has 0 saturated heterocycles. The van der Waals surface area contributed by atoms with Crippen LogP contribution in [0.2, 0.25) is 0 Å². The van der Waals surface area contributed by atoms with Gasteiger partial charge < -0.3 is 22.1 Å². The van der Waals surface area contributed by atoms with Gasteiger partial charge in [0.25, 0.3) is 5.91 Å². The summed E-state index contributed by atoms with van der Waals surface area (Å²) in [7, 11) is 0. The smallest absolute Gasteiger partial charge is 0.255 e. The molecule has 0 aliphatic carbocycles. The molecule has 34 heavy (non-hydrogen) atoms. The van der Waals surface area contributed by atoms with Crippen LogP contribution in [0.1, 0.15) is 28.4 Å². The fraction of sp³-hybridized carbons (Fsp3) is 0.0769. The molecule has 0 spiro atoms. The molecule has 0 aliphatic rings. The van der Waals surface area contributed by atoms with Gasteiger partial charge in [0.05, 0.1) is 11.2 Å². The third-order valence-electron chi connectivity index (χ3n) is 5.18. The second kappa shape index (κ2) is 9.83. The molecule has 0 fully saturated rings. The average molecular weight is 452 g/mol. The normalized spacial score (nSPS) is 11.2. The number of amides is 1. The number of fused-ring (bicyclic) bond motifs is 1. The van der Waals surface area contributed by atoms with Crippen molar-refractivity contribution in [3.8, 4) is 0 Å². The first kappa shape index (κ1) is 22.5. The van der Waals surface area contributed by atoms with E-state index in [1.807, 2.05) is 54.6 Å². The lowest BCUT2D eigenvalue weighted by molar-refractivity contribution is 0.102. The summed E-state index contributed by atoms with van der Waals surface area (Å²) in [5.41, 5.74) is 17.2. The van der Waals surface area contributed by atoms with E-state index in [-0.39, 0.29) is 11.9 Å². The Hall–Kier alpha value is -4.72. The van der Waals surface area contributed by atoms with Gasteiger partial charge in [-0.3, -0.25) is 9.78 Å². The Morgan fingerprint density at radius 3 is 2.44 bits per heavy atom. The van der Waals surface area contributed by atoms with Gasteiger partial charge in [-0.15, -0.1) is 5.10 Å². The lowest BCUT2D eigenvalue weighted by Gasteiger charge is -2.11. The molecule has 0 aliphatic heterocycles. The van der Waals surface area contributed by atoms with Gasteiger partial charge in [0, 0.05) is 34.2 Å². The molecule has 0 saturated carbocycles. The fourth-order valence-corrected chi connectivity index (χ4v) is 3.45. The number of carbonyl (C=O) groups is 1. The first-order valence-corrected chi connectivity index (χ1v) is 10.7. The highest BCUT2D eigenvalue weighted by Gasteiger charge is 2.08. The van der Waals surface area contributed by atoms with Crippen LogP contribution in [0.4, 0.5) is 17.1 Å². The molecule has 1 aromatic heterocycles. The van der Waals surface area contributed by atoms with Crippen molar-refractivity contribution in [2.24, 2.45) is 21.7 Å². The van der Waals surface area contributed by atoms with Gasteiger partial charge in [-0.25, -0.2) is 0 Å². The van der Waals surface area contributed by atoms with Gasteiger partial charge in [0.15, 0.2) is 0 Å². The summed E-state index contributed by atoms with van der Waals surface area (Å²) < 4.78 is 0. The van der Waals surface area contributed by atoms with Crippen LogP contribution in [0.3, 0.4) is 0 Å². The van der Waals surface area contributed by atoms with Crippen molar-refractivity contribution in [2.75, 3.05) is 10.6 Å². The van der Waals surface area contributed by atoms with Crippen molar-refractivity contribution >= 4 is 45.5 Å². The SMILES string of the molecule is C/C(=N\N=C(N)N)c1cccc(NC(=O)c2ccc(Nc3ccnc4ccc(C)cc34)cc2)c1. The number of carbonyl (C=O) groups excluding carboxylic acids is 1. The van der Waals surface area contributed by atoms with Crippen molar-refractivity contribution in [2.45, 2.75) is 13.8 Å². The van der Waals surface area contributed by atoms with Gasteiger partial charge >= 0.3 is 0 Å². The summed E-state index contributed by atoms with van der Waals surface area (Å²) >= 11 is 0. The van der Waals surface area contributed by atoms with Crippen molar-refractivity contribution in [1.29, 1.82) is 0 Å². The van der Waals surface area contributed by atoms with Crippen LogP contribution in [0.15, 0.2) is 89.2 Å². The van der Waals surface area contributed by atoms with Crippen LogP contribution in [0.5, 0.6) is 0 Å². The third kappa shape index (κ3) is 5.36. The predicted octanol–water partition coefficient (Wildman–Crippen LogP) is 4.54. The topological polar surface area (TPSA) is 131 Å². The molecule has 8 nitrogen and oxygen atoms in total. The number of guanidine groups is 1. The molecule has 0 unspecified atom stereocenters. The number of pyridine rings is 1. The first-order valence-electron chi connectivity index (χ1n) is 10.7. The number of rotatable bonds is 6. The highest BCUT2D eigenvalue weighted by atomic mass is 16.1. The number of aromatic nitrogens is 1. The maximum absolute atomic E-state index is 12.8. The van der Waals surface area contributed by atoms with Crippen LogP contribution in [-0.4, -0.2) is 22.6 Å². The lowest BCUT2D eigenvalue weighted by Crippen LogP contribution is -2.22. The Labute approximate surface area is 197 Å². The zero-order chi connectivity index (χ0) is 24.1. The monoisotopic (exact) mass is 451 g/mol. The maximum atomic E-state index is 12.8. The average Bonchev–Trinajstić information content (AvgIpc) is 2.83. The molecule has 6 N–H and O–H groups in total. The minimum atomic E-state index is -0.215. The van der Waals surface area contributed by atoms with E-state index in [0.717, 1.165) is 33.4 Å². The summed E-state index contributed by atoms with van der Waals surface area (Å²) in [5, 5.41) is 15.0. The summed E-state index contributed by atoms with van der Waals surface area (Å²) in [6.07, 6.45) is 1.78. The second-order valence-electron chi connectivity index (χ2n) is 7.83. The van der Waals surface area contributed by atoms with E-state index in [1.165, 1.54) is 0 Å². The number of hydrogen-bond acceptors (Lipinski definition) is 5. The van der Waals surface area contributed by atoms with Crippen molar-refractivity contribution in [3.63, 3.8) is 0 Å². The van der Waals surface area contributed by atoms with Crippen LogP contribution in [0, 0.1) is 6.92 Å². The van der Waals surface area contributed by atoms with Crippen LogP contribution in [0.25, 0.3) is 10.9 Å². The summed E-state index contributed by atoms with van der Waals surface area (Å²) in [6, 6.07) is 22.7. The van der Waals surface area contributed by atoms with E-state index in [0.29, 0.717) is 17.0 Å². The van der Waals surface area contributed by atoms with E-state index in [9.17, 15) is 4.79 Å². The van der Waals surface area contributed by atoms with E-state index < -0.39 is 0 Å². The quantitative estimate of drug-likeness (QED) is 0.194. The van der Waals surface area contributed by atoms with Crippen molar-refractivity contribution in [1.82, 2.24) is 4.98 Å². The van der Waals surface area contributed by atoms with Gasteiger partial charge in [-0.2, -0.15) is 5.10 Å². The Kier molecular flexibility index (Phi) is 6.49. The van der Waals surface area contributed by atoms with Crippen molar-refractivity contribution < 1.29 is 4.79 Å². The number of nitrogens with zero attached hydrogens (tertiary/aromatic N) is 3. The van der Waals surface area contributed by atoms with Gasteiger partial charge in [-0.1, -0.05) is 23.8 Å². The number of nitrogens with two attached hydrogens (primary N) is 2. The fourth-order valence-electron chi connectivity index (χ4n) is 3.45. The predicted molar refractivity (Wildman–Crippen MR) is 139 cm³/mol. The molecular weight excluding hydrogens is 426 g/mol. The number of benzene rings is 3. The lowest BCUT2D eigenvalue weighted by atomic mass is 10.1. The van der Waals surface area contributed by atoms with E-state index in [2.05, 4.69) is 38.8 Å². The largest absolute Gasteiger partial charge is 0.369 e. The number of nitrogens with one attached hydrogen (secondary N) is 2. The molecule has 4 rings (SSSR count). The zero-order valence-electron chi connectivity index (χ0n) is 18.9. The molecule has 3 aromatic carbocycles. The second-order valence-corrected chi connectivity index (χ2v) is 7.83. The van der Waals surface area contributed by atoms with Crippen LogP contribution in [-0.2, 0) is 0 Å². The molecule has 170 valence electrons. The zero-order valence-corrected chi connectivity index (χ0v) is 18.9. The molecule has 0 bridgehead atoms. The number of hydrogen-bond donors (Lipinski definition) is 4. The summed E-state index contributed by atoms with van der Waals surface area (Å²) in [5.74, 6) is -0.332. The molecule has 8 heteroatoms. The minimum absolute atomic E-state index is 0.117. The summed E-state index contributed by atoms with van der Waals surface area (Å²) in [4.78, 5) is 17.2. The van der Waals surface area contributed by atoms with Gasteiger partial charge in [-0.05, 0) is 74.0 Å². The van der Waals surface area contributed by atoms with E-state index in [1.54, 1.807) is 25.3 Å². The van der Waals surface area contributed by atoms with Gasteiger partial charge in [0.2, 0.25) is 5.96 Å². The molecule has 1 heterocycles. The number of anilines is 3. The highest BCUT2D eigenvalue weighted by Crippen LogP contribution is 2.26. The molecule has 0 radical (unpaired) electrons. The van der Waals surface area contributed by atoms with E-state index in [4.69, 9.17) is 11.5 Å². The molecule has 0 atom stereocenters. The molecule has 1 amide bonds. The maximum Gasteiger partial charge on any atom is 0.255 e. The van der Waals surface area contributed by atoms with Crippen LogP contribution < -0.4 is 22.1 Å². The molecular formula is C26H25N7O. The van der Waals surface area contributed by atoms with Crippen molar-refractivity contribution in [3.05, 3.63) is 95.7 Å². The van der Waals surface area contributed by atoms with E-state index >= 15 is 0 Å². The Balaban J connectivity index is 1.47. The third-order valence-corrected chi connectivity index (χ3v) is 5.18. The molecule has 4 aromatic rings. The standard InChI is InChI=1S/C26H25N7O/c1-16-6-11-23-22(14-16)24(12-13-29-23)30-20-9-7-18(8-10-20)25(34)31-21-5-3-4-19(15-21)17(2)32-33-26(27)28/h3-15H,1-2H3,(H,29,30)(H,31,34)(H4,27,28,33)/b32-17+. The van der Waals surface area contributed by atoms with Gasteiger partial charge in [0.1, 0.15) is 0 Å². The Bertz CT molecular complexity index is 1400. The highest BCUT2D eigenvalue weighted by molar-refractivity contribution is 6.06. The minimum Gasteiger partial charge on any atom is -0.369 e. The van der Waals surface area contributed by atoms with Crippen LogP contribution >= 0.6 is 0 Å².